The minimum Gasteiger partial charge on any atom is -0.312 e. The lowest BCUT2D eigenvalue weighted by Gasteiger charge is -2.21. The number of hydrogen-bond acceptors (Lipinski definition) is 3. The monoisotopic (exact) mass is 271 g/mol. The summed E-state index contributed by atoms with van der Waals surface area (Å²) < 4.78 is 0. The van der Waals surface area contributed by atoms with Gasteiger partial charge in [-0.15, -0.1) is 0 Å². The van der Waals surface area contributed by atoms with Crippen LogP contribution in [0.3, 0.4) is 0 Å². The Kier molecular flexibility index (Phi) is 4.71. The second-order valence-corrected chi connectivity index (χ2v) is 6.52. The van der Waals surface area contributed by atoms with Crippen LogP contribution < -0.4 is 5.32 Å². The van der Waals surface area contributed by atoms with Crippen LogP contribution in [0, 0.1) is 0 Å². The lowest BCUT2D eigenvalue weighted by atomic mass is 9.95. The van der Waals surface area contributed by atoms with E-state index in [1.165, 1.54) is 18.4 Å². The normalized spacial score (nSPS) is 13.6. The van der Waals surface area contributed by atoms with Gasteiger partial charge in [-0.1, -0.05) is 13.0 Å². The molecule has 0 bridgehead atoms. The number of fused-ring (bicyclic) bond motifs is 1. The number of nitrogens with zero attached hydrogens (tertiary/aromatic N) is 2. The van der Waals surface area contributed by atoms with Crippen molar-refractivity contribution in [1.82, 2.24) is 15.3 Å². The Balaban J connectivity index is 1.92. The third-order valence-corrected chi connectivity index (χ3v) is 3.53. The SMILES string of the molecule is CC(CCCNC(C)(C)C)c1ccc2nccnc2c1. The first kappa shape index (κ1) is 14.9. The highest BCUT2D eigenvalue weighted by molar-refractivity contribution is 5.74. The zero-order chi connectivity index (χ0) is 14.6. The smallest absolute Gasteiger partial charge is 0.0889 e. The van der Waals surface area contributed by atoms with Gasteiger partial charge < -0.3 is 5.32 Å². The van der Waals surface area contributed by atoms with Crippen molar-refractivity contribution in [3.8, 4) is 0 Å². The molecule has 1 atom stereocenters. The van der Waals surface area contributed by atoms with E-state index in [1.807, 2.05) is 0 Å². The zero-order valence-electron chi connectivity index (χ0n) is 13.0. The molecule has 0 saturated heterocycles. The van der Waals surface area contributed by atoms with Gasteiger partial charge >= 0.3 is 0 Å². The van der Waals surface area contributed by atoms with Crippen molar-refractivity contribution in [3.63, 3.8) is 0 Å². The molecule has 3 heteroatoms. The average molecular weight is 271 g/mol. The summed E-state index contributed by atoms with van der Waals surface area (Å²) in [6, 6.07) is 6.42. The molecule has 0 spiro atoms. The highest BCUT2D eigenvalue weighted by atomic mass is 14.9. The molecule has 1 N–H and O–H groups in total. The molecule has 1 aromatic heterocycles. The van der Waals surface area contributed by atoms with E-state index in [-0.39, 0.29) is 5.54 Å². The summed E-state index contributed by atoms with van der Waals surface area (Å²) >= 11 is 0. The number of rotatable bonds is 5. The van der Waals surface area contributed by atoms with Crippen molar-refractivity contribution in [2.45, 2.75) is 52.0 Å². The largest absolute Gasteiger partial charge is 0.312 e. The standard InChI is InChI=1S/C17H25N3/c1-13(6-5-9-20-17(2,3)4)14-7-8-15-16(12-14)19-11-10-18-15/h7-8,10-13,20H,5-6,9H2,1-4H3. The number of hydrogen-bond donors (Lipinski definition) is 1. The van der Waals surface area contributed by atoms with E-state index in [4.69, 9.17) is 0 Å². The summed E-state index contributed by atoms with van der Waals surface area (Å²) in [4.78, 5) is 8.69. The Morgan fingerprint density at radius 2 is 1.80 bits per heavy atom. The molecule has 0 saturated carbocycles. The molecule has 3 nitrogen and oxygen atoms in total. The molecule has 0 aliphatic carbocycles. The molecular formula is C17H25N3. The van der Waals surface area contributed by atoms with Gasteiger partial charge in [0.15, 0.2) is 0 Å². The van der Waals surface area contributed by atoms with Gasteiger partial charge in [0.1, 0.15) is 0 Å². The minimum atomic E-state index is 0.210. The molecule has 0 radical (unpaired) electrons. The van der Waals surface area contributed by atoms with E-state index < -0.39 is 0 Å². The first-order valence-corrected chi connectivity index (χ1v) is 7.41. The Labute approximate surface area is 121 Å². The highest BCUT2D eigenvalue weighted by Gasteiger charge is 2.10. The number of nitrogens with one attached hydrogen (secondary N) is 1. The van der Waals surface area contributed by atoms with Crippen LogP contribution in [0.5, 0.6) is 0 Å². The average Bonchev–Trinajstić information content (AvgIpc) is 2.42. The molecule has 108 valence electrons. The summed E-state index contributed by atoms with van der Waals surface area (Å²) in [6.45, 7) is 9.98. The van der Waals surface area contributed by atoms with Gasteiger partial charge in [-0.25, -0.2) is 0 Å². The third-order valence-electron chi connectivity index (χ3n) is 3.53. The van der Waals surface area contributed by atoms with Crippen molar-refractivity contribution in [2.75, 3.05) is 6.54 Å². The summed E-state index contributed by atoms with van der Waals surface area (Å²) in [5.41, 5.74) is 3.53. The van der Waals surface area contributed by atoms with Crippen LogP contribution in [0.25, 0.3) is 11.0 Å². The lowest BCUT2D eigenvalue weighted by molar-refractivity contribution is 0.414. The van der Waals surface area contributed by atoms with Crippen LogP contribution in [0.2, 0.25) is 0 Å². The Bertz CT molecular complexity index is 557. The van der Waals surface area contributed by atoms with Gasteiger partial charge in [-0.3, -0.25) is 9.97 Å². The third kappa shape index (κ3) is 4.27. The van der Waals surface area contributed by atoms with E-state index in [0.29, 0.717) is 5.92 Å². The summed E-state index contributed by atoms with van der Waals surface area (Å²) in [6.07, 6.45) is 5.87. The van der Waals surface area contributed by atoms with Crippen LogP contribution in [0.15, 0.2) is 30.6 Å². The first-order chi connectivity index (χ1) is 9.46. The molecule has 1 heterocycles. The molecule has 2 rings (SSSR count). The van der Waals surface area contributed by atoms with Gasteiger partial charge in [0, 0.05) is 17.9 Å². The van der Waals surface area contributed by atoms with Crippen molar-refractivity contribution < 1.29 is 0 Å². The topological polar surface area (TPSA) is 37.8 Å². The van der Waals surface area contributed by atoms with E-state index in [2.05, 4.69) is 61.2 Å². The first-order valence-electron chi connectivity index (χ1n) is 7.41. The van der Waals surface area contributed by atoms with Crippen LogP contribution >= 0.6 is 0 Å². The van der Waals surface area contributed by atoms with Crippen LogP contribution in [0.1, 0.15) is 52.0 Å². The van der Waals surface area contributed by atoms with Crippen molar-refractivity contribution in [3.05, 3.63) is 36.2 Å². The Morgan fingerprint density at radius 1 is 1.10 bits per heavy atom. The minimum absolute atomic E-state index is 0.210. The van der Waals surface area contributed by atoms with Gasteiger partial charge in [-0.2, -0.15) is 0 Å². The molecular weight excluding hydrogens is 246 g/mol. The molecule has 0 aliphatic rings. The molecule has 2 aromatic rings. The predicted molar refractivity (Wildman–Crippen MR) is 84.9 cm³/mol. The zero-order valence-corrected chi connectivity index (χ0v) is 13.0. The molecule has 1 aromatic carbocycles. The molecule has 20 heavy (non-hydrogen) atoms. The fourth-order valence-corrected chi connectivity index (χ4v) is 2.33. The van der Waals surface area contributed by atoms with Crippen molar-refractivity contribution in [2.24, 2.45) is 0 Å². The summed E-state index contributed by atoms with van der Waals surface area (Å²) in [5, 5.41) is 3.54. The number of aromatic nitrogens is 2. The summed E-state index contributed by atoms with van der Waals surface area (Å²) in [7, 11) is 0. The van der Waals surface area contributed by atoms with Gasteiger partial charge in [-0.05, 0) is 63.8 Å². The highest BCUT2D eigenvalue weighted by Crippen LogP contribution is 2.23. The molecule has 0 fully saturated rings. The van der Waals surface area contributed by atoms with Crippen LogP contribution in [-0.4, -0.2) is 22.1 Å². The molecule has 1 unspecified atom stereocenters. The van der Waals surface area contributed by atoms with Crippen LogP contribution in [-0.2, 0) is 0 Å². The van der Waals surface area contributed by atoms with Crippen molar-refractivity contribution >= 4 is 11.0 Å². The fourth-order valence-electron chi connectivity index (χ4n) is 2.33. The van der Waals surface area contributed by atoms with Gasteiger partial charge in [0.25, 0.3) is 0 Å². The maximum atomic E-state index is 4.38. The van der Waals surface area contributed by atoms with E-state index >= 15 is 0 Å². The Hall–Kier alpha value is -1.48. The second-order valence-electron chi connectivity index (χ2n) is 6.52. The predicted octanol–water partition coefficient (Wildman–Crippen LogP) is 3.90. The van der Waals surface area contributed by atoms with E-state index in [1.54, 1.807) is 12.4 Å². The van der Waals surface area contributed by atoms with E-state index in [0.717, 1.165) is 17.6 Å². The maximum absolute atomic E-state index is 4.38. The molecule has 0 aliphatic heterocycles. The quantitative estimate of drug-likeness (QED) is 0.838. The fraction of sp³-hybridized carbons (Fsp3) is 0.529. The van der Waals surface area contributed by atoms with Crippen LogP contribution in [0.4, 0.5) is 0 Å². The Morgan fingerprint density at radius 3 is 2.50 bits per heavy atom. The van der Waals surface area contributed by atoms with E-state index in [9.17, 15) is 0 Å². The maximum Gasteiger partial charge on any atom is 0.0889 e. The van der Waals surface area contributed by atoms with Gasteiger partial charge in [0.05, 0.1) is 11.0 Å². The lowest BCUT2D eigenvalue weighted by Crippen LogP contribution is -2.36. The number of benzene rings is 1. The summed E-state index contributed by atoms with van der Waals surface area (Å²) in [5.74, 6) is 0.558. The van der Waals surface area contributed by atoms with Gasteiger partial charge in [0.2, 0.25) is 0 Å². The van der Waals surface area contributed by atoms with Crippen molar-refractivity contribution in [1.29, 1.82) is 0 Å². The second kappa shape index (κ2) is 6.31. The molecule has 0 amide bonds.